The molecule has 23 heavy (non-hydrogen) atoms. The van der Waals surface area contributed by atoms with Gasteiger partial charge in [-0.3, -0.25) is 15.0 Å². The smallest absolute Gasteiger partial charge is 0.344 e. The van der Waals surface area contributed by atoms with Crippen LogP contribution in [0.2, 0.25) is 10.0 Å². The van der Waals surface area contributed by atoms with E-state index in [-0.39, 0.29) is 15.8 Å². The molecule has 4 amide bonds. The Kier molecular flexibility index (Phi) is 5.01. The van der Waals surface area contributed by atoms with Crippen molar-refractivity contribution in [2.24, 2.45) is 0 Å². The SMILES string of the molecule is CC[C@]1(C)NC(=O)N(NC(=O)COc2c(Cl)cccc2Cl)C1=O. The number of benzene rings is 1. The van der Waals surface area contributed by atoms with E-state index in [0.29, 0.717) is 11.4 Å². The molecule has 1 saturated heterocycles. The Morgan fingerprint density at radius 3 is 2.48 bits per heavy atom. The average Bonchev–Trinajstić information content (AvgIpc) is 2.71. The molecule has 1 aliphatic heterocycles. The highest BCUT2D eigenvalue weighted by Crippen LogP contribution is 2.32. The number of nitrogens with zero attached hydrogens (tertiary/aromatic N) is 1. The van der Waals surface area contributed by atoms with Gasteiger partial charge < -0.3 is 10.1 Å². The number of urea groups is 1. The van der Waals surface area contributed by atoms with Gasteiger partial charge in [-0.05, 0) is 25.5 Å². The Bertz CT molecular complexity index is 647. The van der Waals surface area contributed by atoms with Gasteiger partial charge in [0.1, 0.15) is 5.54 Å². The molecule has 2 N–H and O–H groups in total. The predicted molar refractivity (Wildman–Crippen MR) is 84.2 cm³/mol. The Balaban J connectivity index is 1.98. The van der Waals surface area contributed by atoms with Crippen LogP contribution >= 0.6 is 23.2 Å². The molecule has 0 saturated carbocycles. The highest BCUT2D eigenvalue weighted by atomic mass is 35.5. The van der Waals surface area contributed by atoms with Crippen LogP contribution in [-0.2, 0) is 9.59 Å². The van der Waals surface area contributed by atoms with Crippen LogP contribution in [0.4, 0.5) is 4.79 Å². The fourth-order valence-corrected chi connectivity index (χ4v) is 2.45. The Hall–Kier alpha value is -1.99. The highest BCUT2D eigenvalue weighted by Gasteiger charge is 2.47. The van der Waals surface area contributed by atoms with Crippen molar-refractivity contribution in [1.82, 2.24) is 15.8 Å². The minimum Gasteiger partial charge on any atom is -0.481 e. The van der Waals surface area contributed by atoms with Crippen LogP contribution in [0.1, 0.15) is 20.3 Å². The summed E-state index contributed by atoms with van der Waals surface area (Å²) in [6, 6.07) is 4.06. The second kappa shape index (κ2) is 6.64. The molecule has 0 bridgehead atoms. The lowest BCUT2D eigenvalue weighted by molar-refractivity contribution is -0.139. The average molecular weight is 360 g/mol. The number of para-hydroxylation sites is 1. The van der Waals surface area contributed by atoms with Gasteiger partial charge in [0.2, 0.25) is 0 Å². The molecular formula is C14H15Cl2N3O4. The molecule has 1 aromatic carbocycles. The van der Waals surface area contributed by atoms with Gasteiger partial charge in [0.05, 0.1) is 10.0 Å². The third-order valence-corrected chi connectivity index (χ3v) is 4.07. The fraction of sp³-hybridized carbons (Fsp3) is 0.357. The number of amides is 4. The molecule has 1 heterocycles. The maximum Gasteiger partial charge on any atom is 0.344 e. The van der Waals surface area contributed by atoms with Crippen molar-refractivity contribution in [3.63, 3.8) is 0 Å². The minimum absolute atomic E-state index is 0.154. The van der Waals surface area contributed by atoms with Crippen molar-refractivity contribution in [3.8, 4) is 5.75 Å². The van der Waals surface area contributed by atoms with E-state index in [0.717, 1.165) is 0 Å². The summed E-state index contributed by atoms with van der Waals surface area (Å²) in [5.74, 6) is -1.07. The summed E-state index contributed by atoms with van der Waals surface area (Å²) in [5.41, 5.74) is 1.17. The first-order valence-electron chi connectivity index (χ1n) is 6.81. The van der Waals surface area contributed by atoms with Gasteiger partial charge in [0.15, 0.2) is 12.4 Å². The third-order valence-electron chi connectivity index (χ3n) is 3.47. The van der Waals surface area contributed by atoms with Gasteiger partial charge in [-0.1, -0.05) is 36.2 Å². The lowest BCUT2D eigenvalue weighted by atomic mass is 10.00. The van der Waals surface area contributed by atoms with E-state index in [4.69, 9.17) is 27.9 Å². The Morgan fingerprint density at radius 2 is 1.96 bits per heavy atom. The van der Waals surface area contributed by atoms with Crippen LogP contribution in [0.25, 0.3) is 0 Å². The van der Waals surface area contributed by atoms with E-state index in [1.54, 1.807) is 32.0 Å². The summed E-state index contributed by atoms with van der Waals surface area (Å²) in [5, 5.41) is 3.66. The number of ether oxygens (including phenoxy) is 1. The van der Waals surface area contributed by atoms with Gasteiger partial charge >= 0.3 is 6.03 Å². The van der Waals surface area contributed by atoms with Crippen molar-refractivity contribution >= 4 is 41.0 Å². The number of hydrogen-bond donors (Lipinski definition) is 2. The number of carbonyl (C=O) groups is 3. The van der Waals surface area contributed by atoms with Crippen LogP contribution in [0.15, 0.2) is 18.2 Å². The first kappa shape index (κ1) is 17.4. The summed E-state index contributed by atoms with van der Waals surface area (Å²) in [4.78, 5) is 35.8. The van der Waals surface area contributed by atoms with Crippen molar-refractivity contribution in [1.29, 1.82) is 0 Å². The quantitative estimate of drug-likeness (QED) is 0.788. The van der Waals surface area contributed by atoms with E-state index in [9.17, 15) is 14.4 Å². The molecule has 1 aromatic rings. The summed E-state index contributed by atoms with van der Waals surface area (Å²) in [6.45, 7) is 2.88. The van der Waals surface area contributed by atoms with E-state index < -0.39 is 30.0 Å². The second-order valence-electron chi connectivity index (χ2n) is 5.13. The molecule has 9 heteroatoms. The molecule has 124 valence electrons. The van der Waals surface area contributed by atoms with Gasteiger partial charge in [0, 0.05) is 0 Å². The zero-order chi connectivity index (χ0) is 17.2. The van der Waals surface area contributed by atoms with Crippen LogP contribution in [-0.4, -0.2) is 35.0 Å². The van der Waals surface area contributed by atoms with Crippen LogP contribution in [0.3, 0.4) is 0 Å². The number of nitrogens with one attached hydrogen (secondary N) is 2. The fourth-order valence-electron chi connectivity index (χ4n) is 1.94. The normalized spacial score (nSPS) is 20.4. The standard InChI is InChI=1S/C14H15Cl2N3O4/c1-3-14(2)12(21)19(13(22)17-14)18-10(20)7-23-11-8(15)5-4-6-9(11)16/h4-6H,3,7H2,1-2H3,(H,17,22)(H,18,20)/t14-/m0/s1. The zero-order valence-corrected chi connectivity index (χ0v) is 14.0. The van der Waals surface area contributed by atoms with Crippen LogP contribution in [0.5, 0.6) is 5.75 Å². The molecule has 0 radical (unpaired) electrons. The molecule has 0 aliphatic carbocycles. The minimum atomic E-state index is -1.03. The lowest BCUT2D eigenvalue weighted by Gasteiger charge is -2.19. The van der Waals surface area contributed by atoms with Gasteiger partial charge in [-0.15, -0.1) is 0 Å². The highest BCUT2D eigenvalue weighted by molar-refractivity contribution is 6.37. The van der Waals surface area contributed by atoms with Crippen molar-refractivity contribution < 1.29 is 19.1 Å². The predicted octanol–water partition coefficient (Wildman–Crippen LogP) is 2.12. The largest absolute Gasteiger partial charge is 0.481 e. The summed E-state index contributed by atoms with van der Waals surface area (Å²) in [6.07, 6.45) is 0.398. The molecule has 0 unspecified atom stereocenters. The number of carbonyl (C=O) groups excluding carboxylic acids is 3. The first-order valence-corrected chi connectivity index (χ1v) is 7.57. The number of hydrazine groups is 1. The third kappa shape index (κ3) is 3.51. The molecule has 2 rings (SSSR count). The van der Waals surface area contributed by atoms with Gasteiger partial charge in [-0.2, -0.15) is 5.01 Å². The Morgan fingerprint density at radius 1 is 1.35 bits per heavy atom. The van der Waals surface area contributed by atoms with Crippen molar-refractivity contribution in [3.05, 3.63) is 28.2 Å². The first-order chi connectivity index (χ1) is 10.8. The Labute approximate surface area is 142 Å². The molecule has 1 aliphatic rings. The monoisotopic (exact) mass is 359 g/mol. The summed E-state index contributed by atoms with van der Waals surface area (Å²) < 4.78 is 5.24. The van der Waals surface area contributed by atoms with E-state index in [1.165, 1.54) is 0 Å². The van der Waals surface area contributed by atoms with E-state index in [2.05, 4.69) is 10.7 Å². The molecule has 0 aromatic heterocycles. The zero-order valence-electron chi connectivity index (χ0n) is 12.5. The van der Waals surface area contributed by atoms with Gasteiger partial charge in [0.25, 0.3) is 11.8 Å². The lowest BCUT2D eigenvalue weighted by Crippen LogP contribution is -2.49. The molecule has 0 spiro atoms. The van der Waals surface area contributed by atoms with E-state index in [1.807, 2.05) is 0 Å². The van der Waals surface area contributed by atoms with Crippen LogP contribution < -0.4 is 15.5 Å². The molecule has 1 fully saturated rings. The summed E-state index contributed by atoms with van der Waals surface area (Å²) in [7, 11) is 0. The summed E-state index contributed by atoms with van der Waals surface area (Å²) >= 11 is 11.8. The number of hydrogen-bond acceptors (Lipinski definition) is 4. The van der Waals surface area contributed by atoms with Gasteiger partial charge in [-0.25, -0.2) is 4.79 Å². The maximum absolute atomic E-state index is 12.1. The molecule has 7 nitrogen and oxygen atoms in total. The van der Waals surface area contributed by atoms with Crippen molar-refractivity contribution in [2.45, 2.75) is 25.8 Å². The number of imide groups is 1. The second-order valence-corrected chi connectivity index (χ2v) is 5.95. The van der Waals surface area contributed by atoms with E-state index >= 15 is 0 Å². The van der Waals surface area contributed by atoms with Crippen molar-refractivity contribution in [2.75, 3.05) is 6.61 Å². The van der Waals surface area contributed by atoms with Crippen LogP contribution in [0, 0.1) is 0 Å². The molecule has 1 atom stereocenters. The topological polar surface area (TPSA) is 87.7 Å². The number of halogens is 2. The molecular weight excluding hydrogens is 345 g/mol. The number of rotatable bonds is 5. The maximum atomic E-state index is 12.1.